The number of hydrogen-bond acceptors (Lipinski definition) is 0. The van der Waals surface area contributed by atoms with Crippen LogP contribution in [0.25, 0.3) is 0 Å². The van der Waals surface area contributed by atoms with Crippen LogP contribution in [0.1, 0.15) is 173 Å². The van der Waals surface area contributed by atoms with Gasteiger partial charge < -0.3 is 0 Å². The van der Waals surface area contributed by atoms with Gasteiger partial charge in [0.2, 0.25) is 0 Å². The van der Waals surface area contributed by atoms with E-state index >= 15 is 0 Å². The molecule has 0 aliphatic heterocycles. The Hall–Kier alpha value is -1.57. The maximum atomic E-state index is 2.55. The number of hydrogen-bond donors (Lipinski definition) is 0. The summed E-state index contributed by atoms with van der Waals surface area (Å²) in [5, 5.41) is 0. The second-order valence-electron chi connectivity index (χ2n) is 12.2. The summed E-state index contributed by atoms with van der Waals surface area (Å²) in [6, 6.07) is 11.0. The minimum atomic E-state index is 1.04. The molecule has 0 radical (unpaired) electrons. The molecule has 0 aliphatic carbocycles. The molecule has 39 heavy (non-hydrogen) atoms. The zero-order chi connectivity index (χ0) is 27.6. The number of benzene rings is 1. The van der Waals surface area contributed by atoms with Crippen molar-refractivity contribution in [3.05, 3.63) is 54.1 Å². The minimum Gasteiger partial charge on any atom is -0.234 e. The minimum absolute atomic E-state index is 1.04. The summed E-state index contributed by atoms with van der Waals surface area (Å²) in [5.74, 6) is 1.49. The molecule has 0 spiro atoms. The van der Waals surface area contributed by atoms with E-state index < -0.39 is 0 Å². The van der Waals surface area contributed by atoms with E-state index in [1.165, 1.54) is 172 Å². The highest BCUT2D eigenvalue weighted by Crippen LogP contribution is 2.15. The number of aryl methyl sites for hydroxylation is 2. The summed E-state index contributed by atoms with van der Waals surface area (Å²) in [4.78, 5) is 0. The molecule has 0 fully saturated rings. The molecule has 0 bridgehead atoms. The van der Waals surface area contributed by atoms with E-state index in [2.05, 4.69) is 65.7 Å². The first-order valence-electron chi connectivity index (χ1n) is 17.5. The molecule has 2 heteroatoms. The Bertz CT molecular complexity index is 778. The van der Waals surface area contributed by atoms with Gasteiger partial charge in [-0.05, 0) is 31.2 Å². The first-order chi connectivity index (χ1) is 19.3. The smallest absolute Gasteiger partial charge is 0.234 e. The fraction of sp³-hybridized carbons (Fsp3) is 0.757. The standard InChI is InChI=1S/C37H65N2/c1-3-5-7-9-11-12-13-14-15-16-17-18-19-20-21-23-28-32-39-34-33-38(31-27-22-10-8-6-4-2)37(39)35-36-29-25-24-26-30-36/h24-26,29-30,33-34H,3-23,27-28,31-32,35H2,1-2H3/q+1. The fourth-order valence-electron chi connectivity index (χ4n) is 5.96. The van der Waals surface area contributed by atoms with Crippen LogP contribution in [0.5, 0.6) is 0 Å². The highest BCUT2D eigenvalue weighted by atomic mass is 15.1. The molecule has 0 saturated carbocycles. The maximum absolute atomic E-state index is 2.55. The van der Waals surface area contributed by atoms with Crippen molar-refractivity contribution in [1.82, 2.24) is 4.57 Å². The lowest BCUT2D eigenvalue weighted by atomic mass is 10.0. The maximum Gasteiger partial charge on any atom is 0.260 e. The monoisotopic (exact) mass is 538 g/mol. The van der Waals surface area contributed by atoms with E-state index in [0.717, 1.165) is 6.42 Å². The van der Waals surface area contributed by atoms with Gasteiger partial charge in [0.1, 0.15) is 12.4 Å². The van der Waals surface area contributed by atoms with Gasteiger partial charge in [0.05, 0.1) is 19.5 Å². The van der Waals surface area contributed by atoms with Crippen LogP contribution < -0.4 is 4.57 Å². The van der Waals surface area contributed by atoms with Gasteiger partial charge in [0, 0.05) is 0 Å². The van der Waals surface area contributed by atoms with Crippen molar-refractivity contribution in [1.29, 1.82) is 0 Å². The van der Waals surface area contributed by atoms with Gasteiger partial charge in [-0.1, -0.05) is 166 Å². The van der Waals surface area contributed by atoms with Gasteiger partial charge in [-0.3, -0.25) is 0 Å². The quantitative estimate of drug-likeness (QED) is 0.0791. The second-order valence-corrected chi connectivity index (χ2v) is 12.2. The summed E-state index contributed by atoms with van der Waals surface area (Å²) in [5.41, 5.74) is 1.43. The molecule has 2 aromatic rings. The summed E-state index contributed by atoms with van der Waals surface area (Å²) < 4.78 is 5.09. The van der Waals surface area contributed by atoms with Gasteiger partial charge in [-0.25, -0.2) is 9.13 Å². The fourth-order valence-corrected chi connectivity index (χ4v) is 5.96. The number of unbranched alkanes of at least 4 members (excludes halogenated alkanes) is 21. The molecule has 0 N–H and O–H groups in total. The number of rotatable bonds is 27. The van der Waals surface area contributed by atoms with Crippen LogP contribution in [0.2, 0.25) is 0 Å². The zero-order valence-corrected chi connectivity index (χ0v) is 26.3. The Morgan fingerprint density at radius 2 is 0.949 bits per heavy atom. The van der Waals surface area contributed by atoms with Crippen molar-refractivity contribution >= 4 is 0 Å². The van der Waals surface area contributed by atoms with E-state index in [4.69, 9.17) is 0 Å². The van der Waals surface area contributed by atoms with Crippen LogP contribution >= 0.6 is 0 Å². The van der Waals surface area contributed by atoms with E-state index in [1.807, 2.05) is 0 Å². The number of aromatic nitrogens is 2. The summed E-state index contributed by atoms with van der Waals surface area (Å²) in [6.45, 7) is 6.94. The molecule has 0 amide bonds. The molecular formula is C37H65N2+. The van der Waals surface area contributed by atoms with Gasteiger partial charge >= 0.3 is 0 Å². The van der Waals surface area contributed by atoms with Gasteiger partial charge in [-0.15, -0.1) is 0 Å². The van der Waals surface area contributed by atoms with E-state index in [9.17, 15) is 0 Å². The summed E-state index contributed by atoms with van der Waals surface area (Å²) >= 11 is 0. The van der Waals surface area contributed by atoms with Crippen molar-refractivity contribution in [2.75, 3.05) is 0 Å². The third-order valence-corrected chi connectivity index (χ3v) is 8.55. The Morgan fingerprint density at radius 1 is 0.513 bits per heavy atom. The highest BCUT2D eigenvalue weighted by Gasteiger charge is 2.17. The Kier molecular flexibility index (Phi) is 20.9. The molecule has 0 aliphatic rings. The number of imidazole rings is 1. The summed E-state index contributed by atoms with van der Waals surface area (Å²) in [6.07, 6.45) is 38.3. The predicted octanol–water partition coefficient (Wildman–Crippen LogP) is 11.4. The molecule has 2 nitrogen and oxygen atoms in total. The summed E-state index contributed by atoms with van der Waals surface area (Å²) in [7, 11) is 0. The lowest BCUT2D eigenvalue weighted by Crippen LogP contribution is -2.37. The SMILES string of the molecule is CCCCCCCCCCCCCCCCCCC[n+]1ccn(CCCCCCCC)c1Cc1ccccc1. The first-order valence-corrected chi connectivity index (χ1v) is 17.5. The van der Waals surface area contributed by atoms with Gasteiger partial charge in [0.25, 0.3) is 5.82 Å². The molecule has 0 saturated heterocycles. The van der Waals surface area contributed by atoms with E-state index in [-0.39, 0.29) is 0 Å². The molecule has 1 aromatic carbocycles. The van der Waals surface area contributed by atoms with Crippen LogP contribution in [0, 0.1) is 0 Å². The van der Waals surface area contributed by atoms with E-state index in [1.54, 1.807) is 0 Å². The van der Waals surface area contributed by atoms with Crippen LogP contribution in [0.4, 0.5) is 0 Å². The number of nitrogens with zero attached hydrogens (tertiary/aromatic N) is 2. The van der Waals surface area contributed by atoms with Crippen molar-refractivity contribution in [3.8, 4) is 0 Å². The van der Waals surface area contributed by atoms with Crippen molar-refractivity contribution in [3.63, 3.8) is 0 Å². The molecule has 222 valence electrons. The van der Waals surface area contributed by atoms with E-state index in [0.29, 0.717) is 0 Å². The lowest BCUT2D eigenvalue weighted by molar-refractivity contribution is -0.703. The molecule has 0 unspecified atom stereocenters. The highest BCUT2D eigenvalue weighted by molar-refractivity contribution is 5.18. The Balaban J connectivity index is 1.55. The molecule has 1 heterocycles. The second kappa shape index (κ2) is 24.2. The van der Waals surface area contributed by atoms with Crippen molar-refractivity contribution in [2.45, 2.75) is 181 Å². The van der Waals surface area contributed by atoms with Crippen LogP contribution in [-0.4, -0.2) is 4.57 Å². The third-order valence-electron chi connectivity index (χ3n) is 8.55. The Labute approximate surface area is 244 Å². The average molecular weight is 538 g/mol. The third kappa shape index (κ3) is 17.0. The largest absolute Gasteiger partial charge is 0.260 e. The van der Waals surface area contributed by atoms with Crippen LogP contribution in [0.15, 0.2) is 42.7 Å². The average Bonchev–Trinajstić information content (AvgIpc) is 3.33. The molecule has 1 aromatic heterocycles. The van der Waals surface area contributed by atoms with Gasteiger partial charge in [-0.2, -0.15) is 0 Å². The van der Waals surface area contributed by atoms with Crippen LogP contribution in [0.3, 0.4) is 0 Å². The van der Waals surface area contributed by atoms with Crippen LogP contribution in [-0.2, 0) is 19.5 Å². The van der Waals surface area contributed by atoms with Crippen molar-refractivity contribution < 1.29 is 4.57 Å². The zero-order valence-electron chi connectivity index (χ0n) is 26.3. The molecule has 0 atom stereocenters. The van der Waals surface area contributed by atoms with Crippen molar-refractivity contribution in [2.24, 2.45) is 0 Å². The first kappa shape index (κ1) is 33.6. The normalized spacial score (nSPS) is 11.4. The molecule has 2 rings (SSSR count). The molecular weight excluding hydrogens is 472 g/mol. The predicted molar refractivity (Wildman–Crippen MR) is 171 cm³/mol. The Morgan fingerprint density at radius 3 is 1.44 bits per heavy atom. The van der Waals surface area contributed by atoms with Gasteiger partial charge in [0.15, 0.2) is 0 Å². The topological polar surface area (TPSA) is 8.81 Å². The lowest BCUT2D eigenvalue weighted by Gasteiger charge is -2.07.